The van der Waals surface area contributed by atoms with Crippen LogP contribution in [0, 0.1) is 0 Å². The summed E-state index contributed by atoms with van der Waals surface area (Å²) >= 11 is 2.83. The van der Waals surface area contributed by atoms with E-state index in [2.05, 4.69) is 12.5 Å². The minimum Gasteiger partial charge on any atom is -0.394 e. The topological polar surface area (TPSA) is 57.5 Å². The van der Waals surface area contributed by atoms with Crippen molar-refractivity contribution in [3.8, 4) is 0 Å². The first-order chi connectivity index (χ1) is 2.91. The van der Waals surface area contributed by atoms with Gasteiger partial charge in [-0.3, -0.25) is 0 Å². The van der Waals surface area contributed by atoms with Gasteiger partial charge in [0, 0.05) is 32.7 Å². The molecule has 0 bridgehead atoms. The molecule has 0 aliphatic heterocycles. The third-order valence-electron chi connectivity index (χ3n) is 0.1000. The van der Waals surface area contributed by atoms with Crippen LogP contribution in [-0.4, -0.2) is 27.6 Å². The summed E-state index contributed by atoms with van der Waals surface area (Å²) in [7, 11) is 0. The SMILES string of the molecule is O=S.OCCO.[Y]. The van der Waals surface area contributed by atoms with Gasteiger partial charge < -0.3 is 10.2 Å². The van der Waals surface area contributed by atoms with Crippen LogP contribution in [0.25, 0.3) is 0 Å². The molecule has 0 spiro atoms. The van der Waals surface area contributed by atoms with E-state index >= 15 is 0 Å². The van der Waals surface area contributed by atoms with Gasteiger partial charge in [0.15, 0.2) is 12.5 Å². The molecule has 5 heteroatoms. The summed E-state index contributed by atoms with van der Waals surface area (Å²) in [6, 6.07) is 0. The number of hydrogen-bond donors (Lipinski definition) is 2. The molecule has 0 aliphatic carbocycles. The Bertz CT molecular complexity index is 20.4. The van der Waals surface area contributed by atoms with Crippen LogP contribution in [0.15, 0.2) is 0 Å². The molecule has 0 unspecified atom stereocenters. The maximum absolute atomic E-state index is 7.83. The largest absolute Gasteiger partial charge is 0.394 e. The summed E-state index contributed by atoms with van der Waals surface area (Å²) in [5, 5.41) is 15.2. The average Bonchev–Trinajstić information content (AvgIpc) is 1.72. The summed E-state index contributed by atoms with van der Waals surface area (Å²) in [4.78, 5) is 0. The molecule has 0 amide bonds. The van der Waals surface area contributed by atoms with Crippen LogP contribution in [0.3, 0.4) is 0 Å². The van der Waals surface area contributed by atoms with Crippen LogP contribution in [0.1, 0.15) is 0 Å². The van der Waals surface area contributed by atoms with Crippen molar-refractivity contribution in [1.82, 2.24) is 0 Å². The first-order valence-electron chi connectivity index (χ1n) is 1.30. The Balaban J connectivity index is -0.0000000480. The van der Waals surface area contributed by atoms with E-state index in [-0.39, 0.29) is 45.9 Å². The van der Waals surface area contributed by atoms with Crippen LogP contribution in [0.5, 0.6) is 0 Å². The second-order valence-electron chi connectivity index (χ2n) is 0.447. The molecular formula is C2H6O3SY. The van der Waals surface area contributed by atoms with E-state index in [9.17, 15) is 0 Å². The van der Waals surface area contributed by atoms with E-state index in [1.807, 2.05) is 0 Å². The number of aliphatic hydroxyl groups is 2. The molecule has 2 N–H and O–H groups in total. The van der Waals surface area contributed by atoms with Gasteiger partial charge in [0.1, 0.15) is 0 Å². The van der Waals surface area contributed by atoms with Crippen LogP contribution >= 0.6 is 0 Å². The molecule has 0 aliphatic rings. The molecule has 0 saturated carbocycles. The standard InChI is InChI=1S/C2H6O2.OS.Y/c3-1-2-4;1-2;/h3-4H,1-2H2;;. The molecule has 0 aromatic rings. The monoisotopic (exact) mass is 199 g/mol. The van der Waals surface area contributed by atoms with Crippen LogP contribution in [0.2, 0.25) is 0 Å². The second-order valence-corrected chi connectivity index (χ2v) is 0.447. The molecular weight excluding hydrogens is 193 g/mol. The van der Waals surface area contributed by atoms with Crippen molar-refractivity contribution in [2.45, 2.75) is 0 Å². The Hall–Kier alpha value is 1.04. The van der Waals surface area contributed by atoms with Crippen molar-refractivity contribution in [2.75, 3.05) is 13.2 Å². The number of rotatable bonds is 1. The van der Waals surface area contributed by atoms with E-state index in [0.29, 0.717) is 0 Å². The van der Waals surface area contributed by atoms with Gasteiger partial charge in [-0.05, 0) is 0 Å². The predicted octanol–water partition coefficient (Wildman–Crippen LogP) is -1.37. The molecule has 41 valence electrons. The average molecular weight is 199 g/mol. The van der Waals surface area contributed by atoms with Crippen LogP contribution in [0.4, 0.5) is 0 Å². The van der Waals surface area contributed by atoms with Crippen molar-refractivity contribution in [2.24, 2.45) is 0 Å². The zero-order valence-corrected chi connectivity index (χ0v) is 7.36. The molecule has 0 saturated heterocycles. The van der Waals surface area contributed by atoms with Crippen LogP contribution in [-0.2, 0) is 45.2 Å². The third-order valence-corrected chi connectivity index (χ3v) is 0.1000. The summed E-state index contributed by atoms with van der Waals surface area (Å²) < 4.78 is 7.83. The molecule has 1 radical (unpaired) electrons. The Morgan fingerprint density at radius 2 is 1.29 bits per heavy atom. The Labute approximate surface area is 72.5 Å². The van der Waals surface area contributed by atoms with E-state index in [1.165, 1.54) is 0 Å². The smallest absolute Gasteiger partial charge is 0.197 e. The molecule has 3 nitrogen and oxygen atoms in total. The Kier molecular flexibility index (Phi) is 62.2. The van der Waals surface area contributed by atoms with Crippen molar-refractivity contribution in [3.63, 3.8) is 0 Å². The van der Waals surface area contributed by atoms with Gasteiger partial charge in [0.2, 0.25) is 0 Å². The van der Waals surface area contributed by atoms with E-state index in [0.717, 1.165) is 0 Å². The van der Waals surface area contributed by atoms with E-state index in [4.69, 9.17) is 14.4 Å². The zero-order chi connectivity index (χ0) is 5.41. The van der Waals surface area contributed by atoms with Gasteiger partial charge in [-0.1, -0.05) is 0 Å². The fraction of sp³-hybridized carbons (Fsp3) is 1.00. The Morgan fingerprint density at radius 1 is 1.14 bits per heavy atom. The Morgan fingerprint density at radius 3 is 1.29 bits per heavy atom. The normalized spacial score (nSPS) is 4.86. The quantitative estimate of drug-likeness (QED) is 0.547. The molecule has 0 aromatic heterocycles. The summed E-state index contributed by atoms with van der Waals surface area (Å²) in [5.74, 6) is 0. The minimum atomic E-state index is -0.125. The fourth-order valence-corrected chi connectivity index (χ4v) is 0. The molecule has 0 rings (SSSR count). The summed E-state index contributed by atoms with van der Waals surface area (Å²) in [5.41, 5.74) is 0. The van der Waals surface area contributed by atoms with Crippen molar-refractivity contribution >= 4 is 12.5 Å². The van der Waals surface area contributed by atoms with Gasteiger partial charge in [0.05, 0.1) is 13.2 Å². The number of aliphatic hydroxyl groups excluding tert-OH is 2. The van der Waals surface area contributed by atoms with Gasteiger partial charge in [-0.25, -0.2) is 0 Å². The van der Waals surface area contributed by atoms with E-state index < -0.39 is 0 Å². The van der Waals surface area contributed by atoms with Gasteiger partial charge in [-0.2, -0.15) is 4.21 Å². The molecule has 0 fully saturated rings. The van der Waals surface area contributed by atoms with E-state index in [1.54, 1.807) is 0 Å². The second kappa shape index (κ2) is 27.8. The van der Waals surface area contributed by atoms with Crippen molar-refractivity contribution in [1.29, 1.82) is 0 Å². The minimum absolute atomic E-state index is 0. The predicted molar refractivity (Wildman–Crippen MR) is 22.3 cm³/mol. The van der Waals surface area contributed by atoms with Crippen molar-refractivity contribution in [3.05, 3.63) is 0 Å². The first-order valence-corrected chi connectivity index (χ1v) is 1.63. The molecule has 0 heterocycles. The van der Waals surface area contributed by atoms with Gasteiger partial charge >= 0.3 is 0 Å². The molecule has 7 heavy (non-hydrogen) atoms. The maximum atomic E-state index is 7.83. The van der Waals surface area contributed by atoms with Gasteiger partial charge in [-0.15, -0.1) is 0 Å². The molecule has 0 aromatic carbocycles. The van der Waals surface area contributed by atoms with Gasteiger partial charge in [0.25, 0.3) is 0 Å². The number of hydrogen-bond acceptors (Lipinski definition) is 4. The first kappa shape index (κ1) is 15.7. The van der Waals surface area contributed by atoms with Crippen LogP contribution < -0.4 is 0 Å². The summed E-state index contributed by atoms with van der Waals surface area (Å²) in [6.07, 6.45) is 0. The third kappa shape index (κ3) is 42.9. The van der Waals surface area contributed by atoms with Crippen molar-refractivity contribution < 1.29 is 47.1 Å². The molecule has 0 atom stereocenters. The fourth-order valence-electron chi connectivity index (χ4n) is 0. The summed E-state index contributed by atoms with van der Waals surface area (Å²) in [6.45, 7) is -0.250. The zero-order valence-electron chi connectivity index (χ0n) is 3.70. The maximum Gasteiger partial charge on any atom is 0.197 e.